The Bertz CT molecular complexity index is 3900. The molecule has 0 saturated carbocycles. The fourth-order valence-electron chi connectivity index (χ4n) is 9.35. The lowest BCUT2D eigenvalue weighted by atomic mass is 9.87. The zero-order valence-corrected chi connectivity index (χ0v) is 70.2. The van der Waals surface area contributed by atoms with Crippen molar-refractivity contribution >= 4 is 49.8 Å². The second-order valence-corrected chi connectivity index (χ2v) is 36.9. The van der Waals surface area contributed by atoms with Crippen LogP contribution in [0.15, 0.2) is 222 Å². The highest BCUT2D eigenvalue weighted by atomic mass is 32.1. The van der Waals surface area contributed by atoms with Crippen LogP contribution in [0.5, 0.6) is 0 Å². The van der Waals surface area contributed by atoms with Gasteiger partial charge in [-0.3, -0.25) is 30.0 Å². The van der Waals surface area contributed by atoms with E-state index in [-0.39, 0.29) is 43.3 Å². The van der Waals surface area contributed by atoms with Crippen LogP contribution in [-0.2, 0) is 49.7 Å². The summed E-state index contributed by atoms with van der Waals surface area (Å²) >= 11 is 1.79. The van der Waals surface area contributed by atoms with E-state index < -0.39 is 0 Å². The van der Waals surface area contributed by atoms with Gasteiger partial charge in [0.05, 0.1) is 32.8 Å². The quantitative estimate of drug-likeness (QED) is 0.162. The number of pyridine rings is 3. The van der Waals surface area contributed by atoms with Crippen LogP contribution < -0.4 is 0 Å². The third-order valence-electron chi connectivity index (χ3n) is 16.3. The highest BCUT2D eigenvalue weighted by Gasteiger charge is 2.25. The molecule has 0 aliphatic carbocycles. The highest BCUT2D eigenvalue weighted by Crippen LogP contribution is 2.34. The second kappa shape index (κ2) is 39.5. The maximum Gasteiger partial charge on any atom is 0.200 e. The Labute approximate surface area is 636 Å². The van der Waals surface area contributed by atoms with E-state index in [1.165, 1.54) is 49.1 Å². The number of allylic oxidation sites excluding steroid dienone is 1. The van der Waals surface area contributed by atoms with Crippen molar-refractivity contribution in [1.29, 1.82) is 0 Å². The number of thiazole rings is 1. The van der Waals surface area contributed by atoms with Gasteiger partial charge in [-0.15, -0.1) is 11.3 Å². The van der Waals surface area contributed by atoms with Gasteiger partial charge in [-0.05, 0) is 111 Å². The SMILES string of the molecule is CC(C)(C)C1=Nc2ccccc2C1.CC(C)(C)c1ccccc1.CC(C)(C)c1ccccn1.CC(C)(C)c1cccnc1.CC(C)(C)c1ccn[nH]1.CC(C)(C)c1ccncc1.CC(C)(C)c1cn[nH]n1.CC(C)(C)c1nc2ccccc2o1.CC(C)(C)c1nc2ccccc2s1.CC(C)C1=NC=CC1. The Morgan fingerprint density at radius 1 is 0.429 bits per heavy atom. The number of oxazole rings is 1. The molecule has 0 atom stereocenters. The van der Waals surface area contributed by atoms with E-state index >= 15 is 0 Å². The summed E-state index contributed by atoms with van der Waals surface area (Å²) in [4.78, 5) is 30.1. The average molecular weight is 1440 g/mol. The molecule has 14 heteroatoms. The normalized spacial score (nSPS) is 12.7. The molecule has 4 aromatic carbocycles. The van der Waals surface area contributed by atoms with Gasteiger partial charge in [0.15, 0.2) is 5.58 Å². The third-order valence-corrected chi connectivity index (χ3v) is 17.8. The van der Waals surface area contributed by atoms with Crippen LogP contribution in [0.1, 0.15) is 257 Å². The molecule has 105 heavy (non-hydrogen) atoms. The molecular weight excluding hydrogens is 1310 g/mol. The first-order chi connectivity index (χ1) is 48.7. The highest BCUT2D eigenvalue weighted by molar-refractivity contribution is 7.18. The first kappa shape index (κ1) is 88.5. The molecular formula is C91H128N12OS. The van der Waals surface area contributed by atoms with Crippen LogP contribution in [0.4, 0.5) is 5.69 Å². The van der Waals surface area contributed by atoms with Crippen LogP contribution in [0.3, 0.4) is 0 Å². The number of hydrogen-bond acceptors (Lipinski definition) is 12. The third kappa shape index (κ3) is 32.6. The molecule has 2 aliphatic heterocycles. The number of nitrogens with one attached hydrogen (secondary N) is 2. The van der Waals surface area contributed by atoms with Crippen LogP contribution in [0, 0.1) is 11.3 Å². The summed E-state index contributed by atoms with van der Waals surface area (Å²) in [5.74, 6) is 1.43. The lowest BCUT2D eigenvalue weighted by Crippen LogP contribution is -2.19. The van der Waals surface area contributed by atoms with E-state index in [0.29, 0.717) is 11.3 Å². The van der Waals surface area contributed by atoms with Crippen molar-refractivity contribution in [1.82, 2.24) is 50.5 Å². The predicted octanol–water partition coefficient (Wildman–Crippen LogP) is 25.0. The number of H-pyrrole nitrogens is 2. The minimum absolute atomic E-state index is 0.0149. The molecule has 13 rings (SSSR count). The zero-order chi connectivity index (χ0) is 78.7. The number of fused-ring (bicyclic) bond motifs is 3. The van der Waals surface area contributed by atoms with Crippen molar-refractivity contribution in [3.8, 4) is 0 Å². The van der Waals surface area contributed by atoms with E-state index in [0.717, 1.165) is 52.4 Å². The lowest BCUT2D eigenvalue weighted by Gasteiger charge is -2.18. The summed E-state index contributed by atoms with van der Waals surface area (Å²) in [6, 6.07) is 51.3. The van der Waals surface area contributed by atoms with Gasteiger partial charge in [-0.25, -0.2) is 9.97 Å². The molecule has 2 aliphatic rings. The van der Waals surface area contributed by atoms with Gasteiger partial charge in [-0.1, -0.05) is 292 Å². The van der Waals surface area contributed by atoms with Crippen molar-refractivity contribution in [3.63, 3.8) is 0 Å². The summed E-state index contributed by atoms with van der Waals surface area (Å²) < 4.78 is 6.91. The number of aromatic nitrogens is 10. The van der Waals surface area contributed by atoms with Gasteiger partial charge in [0, 0.05) is 112 Å². The summed E-state index contributed by atoms with van der Waals surface area (Å²) in [7, 11) is 0. The second-order valence-electron chi connectivity index (χ2n) is 35.8. The Morgan fingerprint density at radius 3 is 1.38 bits per heavy atom. The summed E-state index contributed by atoms with van der Waals surface area (Å²) in [6.45, 7) is 63.0. The first-order valence-corrected chi connectivity index (χ1v) is 37.7. The fraction of sp³-hybridized carbons (Fsp3) is 0.451. The molecule has 564 valence electrons. The summed E-state index contributed by atoms with van der Waals surface area (Å²) in [5.41, 5.74) is 17.1. The van der Waals surface area contributed by atoms with Gasteiger partial charge in [-0.2, -0.15) is 20.5 Å². The van der Waals surface area contributed by atoms with E-state index in [1.807, 2.05) is 91.7 Å². The molecule has 0 amide bonds. The topological polar surface area (TPSA) is 173 Å². The Kier molecular flexibility index (Phi) is 33.3. The van der Waals surface area contributed by atoms with Crippen molar-refractivity contribution < 1.29 is 4.42 Å². The standard InChI is InChI=1S/C12H15N.C11H13NO.C11H13NS.C10H14.3C9H13N.C7H12N2.C7H11N.C6H11N3/c1-12(2,3)11-8-9-6-4-5-7-10(9)13-11;2*1-11(2,3)10-12-8-6-4-5-7-9(8)13-10;1-10(2,3)9-7-5-4-6-8-9;1-9(2,3)8-4-6-10-7-5-8;1-9(2,3)8-5-4-6-10-7-8;1-9(2,3)8-6-4-5-7-10-8;1-7(2,3)6-4-5-8-9-6;1-6(2)7-4-3-5-8-7;1-6(2,3)5-4-7-9-8-5/h4-7H,8H2,1-3H3;2*4-7H,1-3H3;4-8H,1-3H3;3*4-7H,1-3H3;4-5H,1-3H3,(H,8,9);3,5-6H,4H2,1-2H3;4H,1-3H3,(H,7,8,9). The van der Waals surface area contributed by atoms with Gasteiger partial charge in [0.2, 0.25) is 5.89 Å². The molecule has 13 nitrogen and oxygen atoms in total. The number of hydrogen-bond donors (Lipinski definition) is 2. The van der Waals surface area contributed by atoms with E-state index in [4.69, 9.17) is 4.42 Å². The molecule has 0 spiro atoms. The number of para-hydroxylation sites is 4. The molecule has 2 N–H and O–H groups in total. The molecule has 0 unspecified atom stereocenters. The van der Waals surface area contributed by atoms with Crippen LogP contribution >= 0.6 is 11.3 Å². The summed E-state index contributed by atoms with van der Waals surface area (Å²) in [5, 5.41) is 18.2. The van der Waals surface area contributed by atoms with Gasteiger partial charge < -0.3 is 4.42 Å². The van der Waals surface area contributed by atoms with Gasteiger partial charge >= 0.3 is 0 Å². The Morgan fingerprint density at radius 2 is 0.990 bits per heavy atom. The number of benzene rings is 4. The minimum Gasteiger partial charge on any atom is -0.440 e. The average Bonchev–Trinajstić information content (AvgIpc) is 1.60. The summed E-state index contributed by atoms with van der Waals surface area (Å²) in [6.07, 6.45) is 18.8. The number of rotatable bonds is 1. The Hall–Kier alpha value is -8.88. The van der Waals surface area contributed by atoms with Crippen molar-refractivity contribution in [2.24, 2.45) is 21.3 Å². The van der Waals surface area contributed by atoms with Crippen molar-refractivity contribution in [2.75, 3.05) is 0 Å². The maximum atomic E-state index is 5.62. The van der Waals surface area contributed by atoms with Crippen LogP contribution in [0.25, 0.3) is 21.3 Å². The number of aliphatic imine (C=N–C) groups is 2. The van der Waals surface area contributed by atoms with Crippen LogP contribution in [0.2, 0.25) is 0 Å². The van der Waals surface area contributed by atoms with Crippen molar-refractivity contribution in [3.05, 3.63) is 258 Å². The zero-order valence-electron chi connectivity index (χ0n) is 69.4. The molecule has 7 aromatic heterocycles. The number of nitrogens with zero attached hydrogens (tertiary/aromatic N) is 10. The van der Waals surface area contributed by atoms with E-state index in [9.17, 15) is 0 Å². The molecule has 0 bridgehead atoms. The predicted molar refractivity (Wildman–Crippen MR) is 450 cm³/mol. The monoisotopic (exact) mass is 1440 g/mol. The smallest absolute Gasteiger partial charge is 0.200 e. The largest absolute Gasteiger partial charge is 0.440 e. The van der Waals surface area contributed by atoms with Gasteiger partial charge in [0.25, 0.3) is 0 Å². The number of aromatic amines is 2. The Balaban J connectivity index is 0.000000248. The maximum absolute atomic E-state index is 5.62. The lowest BCUT2D eigenvalue weighted by molar-refractivity contribution is 0.411. The molecule has 9 heterocycles. The minimum atomic E-state index is -0.0149. The van der Waals surface area contributed by atoms with E-state index in [2.05, 4.69) is 358 Å². The molecule has 0 fully saturated rings. The first-order valence-electron chi connectivity index (χ1n) is 36.9. The van der Waals surface area contributed by atoms with E-state index in [1.54, 1.807) is 29.9 Å². The molecule has 0 saturated heterocycles. The van der Waals surface area contributed by atoms with Crippen LogP contribution in [-0.4, -0.2) is 62.0 Å². The molecule has 0 radical (unpaired) electrons. The van der Waals surface area contributed by atoms with Crippen molar-refractivity contribution in [2.45, 2.75) is 257 Å². The van der Waals surface area contributed by atoms with Gasteiger partial charge in [0.1, 0.15) is 5.52 Å². The fourth-order valence-corrected chi connectivity index (χ4v) is 10.4. The molecule has 11 aromatic rings.